The van der Waals surface area contributed by atoms with Crippen molar-refractivity contribution in [3.63, 3.8) is 0 Å². The number of carboxylic acid groups (broad SMARTS) is 1. The van der Waals surface area contributed by atoms with E-state index in [1.807, 2.05) is 0 Å². The van der Waals surface area contributed by atoms with Crippen molar-refractivity contribution in [1.29, 1.82) is 0 Å². The Morgan fingerprint density at radius 3 is 2.65 bits per heavy atom. The SMILES string of the molecule is CC[C@@H](NC(=O)c1ccc(OC)nc1)C(=O)O. The molecule has 6 heteroatoms. The molecule has 1 aromatic heterocycles. The summed E-state index contributed by atoms with van der Waals surface area (Å²) < 4.78 is 4.85. The Morgan fingerprint density at radius 2 is 2.24 bits per heavy atom. The molecule has 1 aromatic rings. The van der Waals surface area contributed by atoms with E-state index in [2.05, 4.69) is 10.3 Å². The standard InChI is InChI=1S/C11H14N2O4/c1-3-8(11(15)16)13-10(14)7-4-5-9(17-2)12-6-7/h4-6,8H,3H2,1-2H3,(H,13,14)(H,15,16)/t8-/m1/s1. The number of amides is 1. The lowest BCUT2D eigenvalue weighted by atomic mass is 10.2. The topological polar surface area (TPSA) is 88.5 Å². The van der Waals surface area contributed by atoms with E-state index in [9.17, 15) is 9.59 Å². The van der Waals surface area contributed by atoms with Crippen molar-refractivity contribution in [3.05, 3.63) is 23.9 Å². The highest BCUT2D eigenvalue weighted by molar-refractivity contribution is 5.96. The first-order valence-electron chi connectivity index (χ1n) is 5.12. The molecule has 1 rings (SSSR count). The number of pyridine rings is 1. The molecule has 0 saturated carbocycles. The van der Waals surface area contributed by atoms with E-state index in [1.54, 1.807) is 6.92 Å². The maximum Gasteiger partial charge on any atom is 0.326 e. The van der Waals surface area contributed by atoms with Gasteiger partial charge in [-0.25, -0.2) is 9.78 Å². The minimum absolute atomic E-state index is 0.297. The number of ether oxygens (including phenoxy) is 1. The zero-order valence-electron chi connectivity index (χ0n) is 9.64. The molecule has 0 spiro atoms. The molecule has 1 amide bonds. The van der Waals surface area contributed by atoms with Crippen LogP contribution in [0.5, 0.6) is 5.88 Å². The number of hydrogen-bond acceptors (Lipinski definition) is 4. The molecule has 1 heterocycles. The monoisotopic (exact) mass is 238 g/mol. The summed E-state index contributed by atoms with van der Waals surface area (Å²) >= 11 is 0. The predicted molar refractivity (Wildman–Crippen MR) is 60.0 cm³/mol. The van der Waals surface area contributed by atoms with Crippen LogP contribution in [0.15, 0.2) is 18.3 Å². The third-order valence-corrected chi connectivity index (χ3v) is 2.22. The predicted octanol–water partition coefficient (Wildman–Crippen LogP) is 0.683. The Morgan fingerprint density at radius 1 is 1.53 bits per heavy atom. The second-order valence-electron chi connectivity index (χ2n) is 3.36. The third-order valence-electron chi connectivity index (χ3n) is 2.22. The number of hydrogen-bond donors (Lipinski definition) is 2. The lowest BCUT2D eigenvalue weighted by Crippen LogP contribution is -2.40. The van der Waals surface area contributed by atoms with Gasteiger partial charge in [0.1, 0.15) is 6.04 Å². The highest BCUT2D eigenvalue weighted by Gasteiger charge is 2.18. The van der Waals surface area contributed by atoms with E-state index in [1.165, 1.54) is 25.4 Å². The highest BCUT2D eigenvalue weighted by atomic mass is 16.5. The van der Waals surface area contributed by atoms with Crippen LogP contribution in [0.4, 0.5) is 0 Å². The Bertz CT molecular complexity index is 402. The molecule has 0 saturated heterocycles. The maximum atomic E-state index is 11.7. The smallest absolute Gasteiger partial charge is 0.326 e. The summed E-state index contributed by atoms with van der Waals surface area (Å²) in [6.07, 6.45) is 1.66. The second-order valence-corrected chi connectivity index (χ2v) is 3.36. The largest absolute Gasteiger partial charge is 0.481 e. The summed E-state index contributed by atoms with van der Waals surface area (Å²) in [4.78, 5) is 26.3. The normalized spacial score (nSPS) is 11.6. The summed E-state index contributed by atoms with van der Waals surface area (Å²) in [6, 6.07) is 2.18. The fourth-order valence-electron chi connectivity index (χ4n) is 1.22. The van der Waals surface area contributed by atoms with Gasteiger partial charge in [0.25, 0.3) is 5.91 Å². The molecule has 0 bridgehead atoms. The Labute approximate surface area is 98.6 Å². The third kappa shape index (κ3) is 3.44. The molecule has 0 radical (unpaired) electrons. The van der Waals surface area contributed by atoms with Crippen LogP contribution in [0.3, 0.4) is 0 Å². The molecular formula is C11H14N2O4. The number of nitrogens with one attached hydrogen (secondary N) is 1. The average molecular weight is 238 g/mol. The van der Waals surface area contributed by atoms with Crippen LogP contribution in [-0.2, 0) is 4.79 Å². The van der Waals surface area contributed by atoms with Gasteiger partial charge in [-0.15, -0.1) is 0 Å². The van der Waals surface area contributed by atoms with Crippen molar-refractivity contribution < 1.29 is 19.4 Å². The van der Waals surface area contributed by atoms with Gasteiger partial charge in [0, 0.05) is 12.3 Å². The fraction of sp³-hybridized carbons (Fsp3) is 0.364. The number of carbonyl (C=O) groups excluding carboxylic acids is 1. The zero-order valence-corrected chi connectivity index (χ0v) is 9.64. The van der Waals surface area contributed by atoms with E-state index in [4.69, 9.17) is 9.84 Å². The molecule has 0 aliphatic rings. The Hall–Kier alpha value is -2.11. The van der Waals surface area contributed by atoms with E-state index in [-0.39, 0.29) is 0 Å². The van der Waals surface area contributed by atoms with Gasteiger partial charge >= 0.3 is 5.97 Å². The van der Waals surface area contributed by atoms with E-state index >= 15 is 0 Å². The lowest BCUT2D eigenvalue weighted by Gasteiger charge is -2.11. The molecule has 17 heavy (non-hydrogen) atoms. The molecule has 0 aliphatic heterocycles. The van der Waals surface area contributed by atoms with Crippen LogP contribution < -0.4 is 10.1 Å². The van der Waals surface area contributed by atoms with Crippen LogP contribution in [0.2, 0.25) is 0 Å². The van der Waals surface area contributed by atoms with Crippen molar-refractivity contribution in [1.82, 2.24) is 10.3 Å². The van der Waals surface area contributed by atoms with Gasteiger partial charge in [-0.3, -0.25) is 4.79 Å². The number of rotatable bonds is 5. The van der Waals surface area contributed by atoms with E-state index in [0.29, 0.717) is 17.9 Å². The van der Waals surface area contributed by atoms with Gasteiger partial charge in [-0.2, -0.15) is 0 Å². The molecule has 1 atom stereocenters. The van der Waals surface area contributed by atoms with Crippen LogP contribution in [0.1, 0.15) is 23.7 Å². The highest BCUT2D eigenvalue weighted by Crippen LogP contribution is 2.07. The minimum Gasteiger partial charge on any atom is -0.481 e. The average Bonchev–Trinajstić information content (AvgIpc) is 2.35. The van der Waals surface area contributed by atoms with E-state index in [0.717, 1.165) is 0 Å². The van der Waals surface area contributed by atoms with Gasteiger partial charge in [-0.05, 0) is 12.5 Å². The number of methoxy groups -OCH3 is 1. The van der Waals surface area contributed by atoms with Crippen molar-refractivity contribution in [2.24, 2.45) is 0 Å². The molecule has 6 nitrogen and oxygen atoms in total. The molecule has 92 valence electrons. The molecule has 0 aliphatic carbocycles. The van der Waals surface area contributed by atoms with Crippen molar-refractivity contribution in [2.75, 3.05) is 7.11 Å². The summed E-state index contributed by atoms with van der Waals surface area (Å²) in [5.74, 6) is -1.12. The first-order chi connectivity index (χ1) is 8.08. The second kappa shape index (κ2) is 5.83. The summed E-state index contributed by atoms with van der Waals surface area (Å²) in [7, 11) is 1.47. The van der Waals surface area contributed by atoms with Crippen LogP contribution in [-0.4, -0.2) is 35.1 Å². The van der Waals surface area contributed by atoms with Crippen LogP contribution in [0.25, 0.3) is 0 Å². The van der Waals surface area contributed by atoms with Crippen LogP contribution >= 0.6 is 0 Å². The summed E-state index contributed by atoms with van der Waals surface area (Å²) in [5, 5.41) is 11.2. The van der Waals surface area contributed by atoms with Gasteiger partial charge < -0.3 is 15.2 Å². The molecule has 0 fully saturated rings. The number of carboxylic acids is 1. The van der Waals surface area contributed by atoms with E-state index < -0.39 is 17.9 Å². The number of aromatic nitrogens is 1. The quantitative estimate of drug-likeness (QED) is 0.787. The minimum atomic E-state index is -1.05. The van der Waals surface area contributed by atoms with Gasteiger partial charge in [-0.1, -0.05) is 6.92 Å². The molecule has 2 N–H and O–H groups in total. The van der Waals surface area contributed by atoms with Crippen molar-refractivity contribution in [2.45, 2.75) is 19.4 Å². The molecular weight excluding hydrogens is 224 g/mol. The first-order valence-corrected chi connectivity index (χ1v) is 5.12. The number of nitrogens with zero attached hydrogens (tertiary/aromatic N) is 1. The maximum absolute atomic E-state index is 11.7. The Balaban J connectivity index is 2.72. The van der Waals surface area contributed by atoms with Crippen LogP contribution in [0, 0.1) is 0 Å². The van der Waals surface area contributed by atoms with Crippen molar-refractivity contribution in [3.8, 4) is 5.88 Å². The lowest BCUT2D eigenvalue weighted by molar-refractivity contribution is -0.139. The summed E-state index contributed by atoms with van der Waals surface area (Å²) in [5.41, 5.74) is 0.297. The number of aliphatic carboxylic acids is 1. The van der Waals surface area contributed by atoms with Gasteiger partial charge in [0.05, 0.1) is 12.7 Å². The number of carbonyl (C=O) groups is 2. The Kier molecular flexibility index (Phi) is 4.45. The van der Waals surface area contributed by atoms with Crippen molar-refractivity contribution >= 4 is 11.9 Å². The fourth-order valence-corrected chi connectivity index (χ4v) is 1.22. The first kappa shape index (κ1) is 13.0. The molecule has 0 aromatic carbocycles. The summed E-state index contributed by atoms with van der Waals surface area (Å²) in [6.45, 7) is 1.69. The molecule has 0 unspecified atom stereocenters. The van der Waals surface area contributed by atoms with Gasteiger partial charge in [0.15, 0.2) is 0 Å². The van der Waals surface area contributed by atoms with Gasteiger partial charge in [0.2, 0.25) is 5.88 Å². The zero-order chi connectivity index (χ0) is 12.8.